The number of rotatable bonds is 3. The largest absolute Gasteiger partial charge is 0.390 e. The SMILES string of the molecule is NC=NC(=O)c1ccc(-c2cnn(C(F)F)c2)cc1. The molecule has 0 saturated carbocycles. The number of aliphatic imine (C=N–C) groups is 1. The Morgan fingerprint density at radius 3 is 2.53 bits per heavy atom. The van der Waals surface area contributed by atoms with Gasteiger partial charge in [0.2, 0.25) is 0 Å². The van der Waals surface area contributed by atoms with Crippen LogP contribution in [0.1, 0.15) is 16.9 Å². The molecule has 2 N–H and O–H groups in total. The summed E-state index contributed by atoms with van der Waals surface area (Å²) in [6.07, 6.45) is 3.49. The van der Waals surface area contributed by atoms with Gasteiger partial charge in [0.25, 0.3) is 5.91 Å². The Morgan fingerprint density at radius 2 is 2.00 bits per heavy atom. The number of hydrogen-bond acceptors (Lipinski definition) is 2. The third-order valence-corrected chi connectivity index (χ3v) is 2.46. The smallest absolute Gasteiger partial charge is 0.333 e. The van der Waals surface area contributed by atoms with Gasteiger partial charge in [0, 0.05) is 17.3 Å². The van der Waals surface area contributed by atoms with Crippen LogP contribution in [0.25, 0.3) is 11.1 Å². The third-order valence-electron chi connectivity index (χ3n) is 2.46. The van der Waals surface area contributed by atoms with Crippen molar-refractivity contribution in [1.29, 1.82) is 0 Å². The van der Waals surface area contributed by atoms with E-state index in [9.17, 15) is 13.6 Å². The standard InChI is InChI=1S/C12H10F2N4O/c13-12(14)18-6-10(5-17-18)8-1-3-9(4-2-8)11(19)16-7-15/h1-7,12H,(H2,15,16,19). The van der Waals surface area contributed by atoms with E-state index in [1.54, 1.807) is 24.3 Å². The molecule has 98 valence electrons. The normalized spacial score (nSPS) is 11.3. The maximum absolute atomic E-state index is 12.4. The van der Waals surface area contributed by atoms with E-state index in [4.69, 9.17) is 5.73 Å². The molecule has 1 aromatic heterocycles. The summed E-state index contributed by atoms with van der Waals surface area (Å²) in [4.78, 5) is 14.8. The van der Waals surface area contributed by atoms with E-state index in [0.29, 0.717) is 21.4 Å². The first-order valence-corrected chi connectivity index (χ1v) is 5.33. The Balaban J connectivity index is 2.24. The van der Waals surface area contributed by atoms with Crippen molar-refractivity contribution in [2.45, 2.75) is 6.55 Å². The molecule has 0 bridgehead atoms. The lowest BCUT2D eigenvalue weighted by Crippen LogP contribution is -1.99. The van der Waals surface area contributed by atoms with Gasteiger partial charge in [-0.1, -0.05) is 12.1 Å². The molecule has 2 aromatic rings. The molecule has 7 heteroatoms. The van der Waals surface area contributed by atoms with Crippen LogP contribution in [-0.4, -0.2) is 22.0 Å². The molecule has 0 atom stereocenters. The van der Waals surface area contributed by atoms with Crippen molar-refractivity contribution in [3.63, 3.8) is 0 Å². The molecule has 0 unspecified atom stereocenters. The molecule has 1 amide bonds. The Morgan fingerprint density at radius 1 is 1.32 bits per heavy atom. The van der Waals surface area contributed by atoms with E-state index in [-0.39, 0.29) is 0 Å². The molecule has 0 spiro atoms. The van der Waals surface area contributed by atoms with Gasteiger partial charge < -0.3 is 5.73 Å². The topological polar surface area (TPSA) is 73.3 Å². The number of carbonyl (C=O) groups excluding carboxylic acids is 1. The number of halogens is 2. The average molecular weight is 264 g/mol. The fourth-order valence-corrected chi connectivity index (χ4v) is 1.54. The summed E-state index contributed by atoms with van der Waals surface area (Å²) in [5.41, 5.74) is 6.62. The zero-order valence-corrected chi connectivity index (χ0v) is 9.70. The van der Waals surface area contributed by atoms with Crippen LogP contribution in [0.15, 0.2) is 41.7 Å². The minimum absolute atomic E-state index is 0.367. The molecule has 0 aliphatic carbocycles. The Kier molecular flexibility index (Phi) is 3.65. The van der Waals surface area contributed by atoms with Crippen LogP contribution in [0.5, 0.6) is 0 Å². The molecule has 2 rings (SSSR count). The van der Waals surface area contributed by atoms with Gasteiger partial charge in [-0.2, -0.15) is 18.9 Å². The van der Waals surface area contributed by atoms with Gasteiger partial charge in [0.1, 0.15) is 0 Å². The summed E-state index contributed by atoms with van der Waals surface area (Å²) < 4.78 is 25.3. The molecule has 1 aromatic carbocycles. The van der Waals surface area contributed by atoms with Crippen LogP contribution in [-0.2, 0) is 0 Å². The van der Waals surface area contributed by atoms with Crippen LogP contribution < -0.4 is 5.73 Å². The predicted octanol–water partition coefficient (Wildman–Crippen LogP) is 2.07. The van der Waals surface area contributed by atoms with Crippen molar-refractivity contribution in [2.75, 3.05) is 0 Å². The van der Waals surface area contributed by atoms with Gasteiger partial charge in [0.15, 0.2) is 0 Å². The Hall–Kier alpha value is -2.57. The number of alkyl halides is 2. The molecule has 0 radical (unpaired) electrons. The van der Waals surface area contributed by atoms with Crippen LogP contribution in [0, 0.1) is 0 Å². The highest BCUT2D eigenvalue weighted by molar-refractivity contribution is 5.98. The number of benzene rings is 1. The molecule has 5 nitrogen and oxygen atoms in total. The molecular weight excluding hydrogens is 254 g/mol. The fraction of sp³-hybridized carbons (Fsp3) is 0.0833. The number of carbonyl (C=O) groups is 1. The number of amides is 1. The van der Waals surface area contributed by atoms with Crippen molar-refractivity contribution in [1.82, 2.24) is 9.78 Å². The monoisotopic (exact) mass is 264 g/mol. The van der Waals surface area contributed by atoms with Crippen LogP contribution in [0.3, 0.4) is 0 Å². The maximum atomic E-state index is 12.4. The van der Waals surface area contributed by atoms with Gasteiger partial charge in [-0.05, 0) is 17.7 Å². The van der Waals surface area contributed by atoms with E-state index in [2.05, 4.69) is 10.1 Å². The minimum atomic E-state index is -2.67. The molecule has 0 aliphatic heterocycles. The molecule has 19 heavy (non-hydrogen) atoms. The van der Waals surface area contributed by atoms with E-state index >= 15 is 0 Å². The summed E-state index contributed by atoms with van der Waals surface area (Å²) >= 11 is 0. The summed E-state index contributed by atoms with van der Waals surface area (Å²) in [7, 11) is 0. The lowest BCUT2D eigenvalue weighted by molar-refractivity contribution is 0.0566. The lowest BCUT2D eigenvalue weighted by atomic mass is 10.1. The van der Waals surface area contributed by atoms with E-state index < -0.39 is 12.5 Å². The molecule has 0 fully saturated rings. The fourth-order valence-electron chi connectivity index (χ4n) is 1.54. The number of hydrogen-bond donors (Lipinski definition) is 1. The van der Waals surface area contributed by atoms with Gasteiger partial charge in [-0.3, -0.25) is 4.79 Å². The Bertz CT molecular complexity index is 604. The second-order valence-corrected chi connectivity index (χ2v) is 3.65. The van der Waals surface area contributed by atoms with E-state index in [0.717, 1.165) is 6.34 Å². The van der Waals surface area contributed by atoms with Crippen molar-refractivity contribution >= 4 is 12.2 Å². The Labute approximate surface area is 107 Å². The molecule has 0 aliphatic rings. The van der Waals surface area contributed by atoms with Gasteiger partial charge in [0.05, 0.1) is 12.5 Å². The zero-order chi connectivity index (χ0) is 13.8. The highest BCUT2D eigenvalue weighted by Crippen LogP contribution is 2.21. The highest BCUT2D eigenvalue weighted by atomic mass is 19.3. The summed E-state index contributed by atoms with van der Waals surface area (Å²) in [6, 6.07) is 6.35. The van der Waals surface area contributed by atoms with Gasteiger partial charge in [-0.25, -0.2) is 4.68 Å². The van der Waals surface area contributed by atoms with E-state index in [1.165, 1.54) is 12.4 Å². The summed E-state index contributed by atoms with van der Waals surface area (Å²) in [5.74, 6) is -0.461. The number of nitrogens with two attached hydrogens (primary N) is 1. The molecule has 0 saturated heterocycles. The first-order chi connectivity index (χ1) is 9.11. The second kappa shape index (κ2) is 5.38. The third kappa shape index (κ3) is 2.82. The quantitative estimate of drug-likeness (QED) is 0.681. The first kappa shape index (κ1) is 12.9. The number of aromatic nitrogens is 2. The van der Waals surface area contributed by atoms with Crippen LogP contribution in [0.4, 0.5) is 8.78 Å². The maximum Gasteiger partial charge on any atom is 0.333 e. The van der Waals surface area contributed by atoms with Gasteiger partial charge in [-0.15, -0.1) is 0 Å². The summed E-state index contributed by atoms with van der Waals surface area (Å²) in [5, 5.41) is 3.54. The van der Waals surface area contributed by atoms with E-state index in [1.807, 2.05) is 0 Å². The van der Waals surface area contributed by atoms with Crippen molar-refractivity contribution in [2.24, 2.45) is 10.7 Å². The average Bonchev–Trinajstić information content (AvgIpc) is 2.89. The lowest BCUT2D eigenvalue weighted by Gasteiger charge is -1.99. The van der Waals surface area contributed by atoms with Crippen molar-refractivity contribution in [3.05, 3.63) is 42.2 Å². The highest BCUT2D eigenvalue weighted by Gasteiger charge is 2.09. The summed E-state index contributed by atoms with van der Waals surface area (Å²) in [6.45, 7) is -2.67. The number of nitrogens with zero attached hydrogens (tertiary/aromatic N) is 3. The minimum Gasteiger partial charge on any atom is -0.390 e. The van der Waals surface area contributed by atoms with Gasteiger partial charge >= 0.3 is 6.55 Å². The van der Waals surface area contributed by atoms with Crippen LogP contribution >= 0.6 is 0 Å². The van der Waals surface area contributed by atoms with Crippen molar-refractivity contribution < 1.29 is 13.6 Å². The van der Waals surface area contributed by atoms with Crippen molar-refractivity contribution in [3.8, 4) is 11.1 Å². The zero-order valence-electron chi connectivity index (χ0n) is 9.70. The molecular formula is C12H10F2N4O. The second-order valence-electron chi connectivity index (χ2n) is 3.65. The first-order valence-electron chi connectivity index (χ1n) is 5.33. The predicted molar refractivity (Wildman–Crippen MR) is 65.9 cm³/mol. The van der Waals surface area contributed by atoms with Crippen LogP contribution in [0.2, 0.25) is 0 Å². The molecule has 1 heterocycles.